The predicted octanol–water partition coefficient (Wildman–Crippen LogP) is 4.30. The van der Waals surface area contributed by atoms with E-state index >= 15 is 0 Å². The van der Waals surface area contributed by atoms with E-state index in [1.807, 2.05) is 55.6 Å². The molecule has 3 aromatic rings. The number of benzene rings is 1. The Kier molecular flexibility index (Phi) is 5.27. The van der Waals surface area contributed by atoms with Crippen LogP contribution >= 0.6 is 22.7 Å². The number of nitrogens with zero attached hydrogens (tertiary/aromatic N) is 1. The zero-order valence-corrected chi connectivity index (χ0v) is 15.2. The van der Waals surface area contributed by atoms with Crippen molar-refractivity contribution in [3.05, 3.63) is 57.0 Å². The number of hydrogen-bond acceptors (Lipinski definition) is 5. The highest BCUT2D eigenvalue weighted by atomic mass is 32.1. The normalized spacial score (nSPS) is 11.9. The molecule has 0 radical (unpaired) electrons. The van der Waals surface area contributed by atoms with E-state index in [1.54, 1.807) is 22.7 Å². The lowest BCUT2D eigenvalue weighted by Gasteiger charge is -2.15. The first-order valence-corrected chi connectivity index (χ1v) is 9.47. The van der Waals surface area contributed by atoms with Crippen LogP contribution in [-0.4, -0.2) is 16.9 Å². The number of thiophene rings is 1. The fourth-order valence-electron chi connectivity index (χ4n) is 2.29. The summed E-state index contributed by atoms with van der Waals surface area (Å²) in [4.78, 5) is 17.8. The minimum atomic E-state index is -0.294. The molecule has 4 nitrogen and oxygen atoms in total. The molecule has 1 aromatic carbocycles. The molecule has 1 atom stereocenters. The van der Waals surface area contributed by atoms with Gasteiger partial charge in [0.1, 0.15) is 6.04 Å². The number of nitrogens with one attached hydrogen (secondary N) is 2. The Bertz CT molecular complexity index is 794. The standard InChI is InChI=1S/C18H19N3OS2/c1-12(18(22)19-10-16-4-3-9-23-16)20-15-7-5-14(6-8-15)17-11-24-13(2)21-17/h3-9,11-12,20H,10H2,1-2H3,(H,19,22). The molecule has 0 fully saturated rings. The van der Waals surface area contributed by atoms with Crippen molar-refractivity contribution in [1.29, 1.82) is 0 Å². The maximum absolute atomic E-state index is 12.2. The second kappa shape index (κ2) is 7.59. The van der Waals surface area contributed by atoms with E-state index in [0.29, 0.717) is 6.54 Å². The number of aromatic nitrogens is 1. The van der Waals surface area contributed by atoms with E-state index in [4.69, 9.17) is 0 Å². The number of carbonyl (C=O) groups excluding carboxylic acids is 1. The topological polar surface area (TPSA) is 54.0 Å². The fourth-order valence-corrected chi connectivity index (χ4v) is 3.56. The molecular formula is C18H19N3OS2. The van der Waals surface area contributed by atoms with Crippen LogP contribution in [0.1, 0.15) is 16.8 Å². The van der Waals surface area contributed by atoms with Crippen molar-refractivity contribution in [2.24, 2.45) is 0 Å². The van der Waals surface area contributed by atoms with Gasteiger partial charge in [0, 0.05) is 21.5 Å². The molecule has 3 rings (SSSR count). The van der Waals surface area contributed by atoms with E-state index < -0.39 is 0 Å². The zero-order chi connectivity index (χ0) is 16.9. The Hall–Kier alpha value is -2.18. The molecule has 0 aliphatic carbocycles. The SMILES string of the molecule is Cc1nc(-c2ccc(NC(C)C(=O)NCc3cccs3)cc2)cs1. The van der Waals surface area contributed by atoms with Crippen molar-refractivity contribution in [2.45, 2.75) is 26.4 Å². The van der Waals surface area contributed by atoms with Crippen molar-refractivity contribution >= 4 is 34.3 Å². The van der Waals surface area contributed by atoms with Gasteiger partial charge in [-0.1, -0.05) is 18.2 Å². The molecule has 0 saturated heterocycles. The quantitative estimate of drug-likeness (QED) is 0.692. The first-order chi connectivity index (χ1) is 11.6. The molecule has 2 N–H and O–H groups in total. The van der Waals surface area contributed by atoms with Crippen LogP contribution in [0, 0.1) is 6.92 Å². The summed E-state index contributed by atoms with van der Waals surface area (Å²) in [5.41, 5.74) is 3.00. The Balaban J connectivity index is 1.55. The van der Waals surface area contributed by atoms with Crippen LogP contribution in [-0.2, 0) is 11.3 Å². The average molecular weight is 358 g/mol. The second-order valence-electron chi connectivity index (χ2n) is 5.49. The summed E-state index contributed by atoms with van der Waals surface area (Å²) in [6, 6.07) is 11.7. The summed E-state index contributed by atoms with van der Waals surface area (Å²) in [5, 5.41) is 11.3. The average Bonchev–Trinajstić information content (AvgIpc) is 3.25. The van der Waals surface area contributed by atoms with Crippen molar-refractivity contribution in [3.63, 3.8) is 0 Å². The fraction of sp³-hybridized carbons (Fsp3) is 0.222. The van der Waals surface area contributed by atoms with Crippen molar-refractivity contribution in [3.8, 4) is 11.3 Å². The van der Waals surface area contributed by atoms with E-state index in [9.17, 15) is 4.79 Å². The van der Waals surface area contributed by atoms with Crippen molar-refractivity contribution in [1.82, 2.24) is 10.3 Å². The van der Waals surface area contributed by atoms with Gasteiger partial charge in [-0.15, -0.1) is 22.7 Å². The molecule has 6 heteroatoms. The van der Waals surface area contributed by atoms with E-state index in [-0.39, 0.29) is 11.9 Å². The number of thiazole rings is 1. The Morgan fingerprint density at radius 2 is 2.00 bits per heavy atom. The van der Waals surface area contributed by atoms with Crippen LogP contribution in [0.3, 0.4) is 0 Å². The molecule has 1 unspecified atom stereocenters. The lowest BCUT2D eigenvalue weighted by Crippen LogP contribution is -2.37. The van der Waals surface area contributed by atoms with Crippen LogP contribution in [0.4, 0.5) is 5.69 Å². The summed E-state index contributed by atoms with van der Waals surface area (Å²) >= 11 is 3.29. The maximum Gasteiger partial charge on any atom is 0.242 e. The van der Waals surface area contributed by atoms with Crippen LogP contribution in [0.25, 0.3) is 11.3 Å². The van der Waals surface area contributed by atoms with Gasteiger partial charge in [0.2, 0.25) is 5.91 Å². The summed E-state index contributed by atoms with van der Waals surface area (Å²) in [5.74, 6) is -0.0115. The van der Waals surface area contributed by atoms with Gasteiger partial charge < -0.3 is 10.6 Å². The highest BCUT2D eigenvalue weighted by Gasteiger charge is 2.12. The van der Waals surface area contributed by atoms with Crippen LogP contribution in [0.15, 0.2) is 47.2 Å². The first-order valence-electron chi connectivity index (χ1n) is 7.71. The molecule has 2 heterocycles. The number of amides is 1. The minimum Gasteiger partial charge on any atom is -0.374 e. The number of hydrogen-bond donors (Lipinski definition) is 2. The largest absolute Gasteiger partial charge is 0.374 e. The highest BCUT2D eigenvalue weighted by molar-refractivity contribution is 7.10. The third-order valence-corrected chi connectivity index (χ3v) is 5.24. The monoisotopic (exact) mass is 357 g/mol. The smallest absolute Gasteiger partial charge is 0.242 e. The predicted molar refractivity (Wildman–Crippen MR) is 102 cm³/mol. The minimum absolute atomic E-state index is 0.0115. The van der Waals surface area contributed by atoms with Crippen molar-refractivity contribution in [2.75, 3.05) is 5.32 Å². The van der Waals surface area contributed by atoms with Crippen LogP contribution < -0.4 is 10.6 Å². The zero-order valence-electron chi connectivity index (χ0n) is 13.6. The van der Waals surface area contributed by atoms with Gasteiger partial charge in [0.15, 0.2) is 0 Å². The Morgan fingerprint density at radius 1 is 1.21 bits per heavy atom. The Morgan fingerprint density at radius 3 is 2.62 bits per heavy atom. The van der Waals surface area contributed by atoms with E-state index in [1.165, 1.54) is 0 Å². The number of aryl methyl sites for hydroxylation is 1. The molecule has 0 aliphatic heterocycles. The van der Waals surface area contributed by atoms with E-state index in [0.717, 1.165) is 26.8 Å². The van der Waals surface area contributed by atoms with Crippen LogP contribution in [0.2, 0.25) is 0 Å². The van der Waals surface area contributed by atoms with Gasteiger partial charge in [0.05, 0.1) is 17.2 Å². The molecule has 0 spiro atoms. The van der Waals surface area contributed by atoms with Gasteiger partial charge in [0.25, 0.3) is 0 Å². The number of carbonyl (C=O) groups is 1. The third-order valence-electron chi connectivity index (χ3n) is 3.59. The molecule has 2 aromatic heterocycles. The van der Waals surface area contributed by atoms with Gasteiger partial charge in [-0.3, -0.25) is 4.79 Å². The summed E-state index contributed by atoms with van der Waals surface area (Å²) in [6.45, 7) is 4.44. The molecule has 0 aliphatic rings. The first kappa shape index (κ1) is 16.7. The van der Waals surface area contributed by atoms with Crippen LogP contribution in [0.5, 0.6) is 0 Å². The van der Waals surface area contributed by atoms with E-state index in [2.05, 4.69) is 21.0 Å². The van der Waals surface area contributed by atoms with Crippen molar-refractivity contribution < 1.29 is 4.79 Å². The molecule has 124 valence electrons. The summed E-state index contributed by atoms with van der Waals surface area (Å²) in [6.07, 6.45) is 0. The number of rotatable bonds is 6. The Labute approximate surface area is 149 Å². The van der Waals surface area contributed by atoms with Gasteiger partial charge in [-0.2, -0.15) is 0 Å². The van der Waals surface area contributed by atoms with Gasteiger partial charge >= 0.3 is 0 Å². The molecule has 0 saturated carbocycles. The summed E-state index contributed by atoms with van der Waals surface area (Å²) < 4.78 is 0. The van der Waals surface area contributed by atoms with Gasteiger partial charge in [-0.05, 0) is 37.4 Å². The second-order valence-corrected chi connectivity index (χ2v) is 7.59. The third kappa shape index (κ3) is 4.21. The maximum atomic E-state index is 12.2. The molecule has 0 bridgehead atoms. The number of anilines is 1. The van der Waals surface area contributed by atoms with Gasteiger partial charge in [-0.25, -0.2) is 4.98 Å². The highest BCUT2D eigenvalue weighted by Crippen LogP contribution is 2.23. The molecule has 24 heavy (non-hydrogen) atoms. The lowest BCUT2D eigenvalue weighted by atomic mass is 10.1. The lowest BCUT2D eigenvalue weighted by molar-refractivity contribution is -0.121. The molecule has 1 amide bonds. The summed E-state index contributed by atoms with van der Waals surface area (Å²) in [7, 11) is 0. The molecular weight excluding hydrogens is 338 g/mol.